The van der Waals surface area contributed by atoms with Crippen LogP contribution in [0, 0.1) is 0 Å². The molecule has 0 bridgehead atoms. The van der Waals surface area contributed by atoms with E-state index in [-0.39, 0.29) is 6.04 Å². The number of thiazole rings is 1. The molecule has 3 aromatic heterocycles. The molecule has 1 aliphatic carbocycles. The zero-order valence-corrected chi connectivity index (χ0v) is 16.5. The lowest BCUT2D eigenvalue weighted by Crippen LogP contribution is -2.46. The molecule has 0 atom stereocenters. The predicted octanol–water partition coefficient (Wildman–Crippen LogP) is 3.84. The summed E-state index contributed by atoms with van der Waals surface area (Å²) in [4.78, 5) is 17.7. The molecule has 6 nitrogen and oxygen atoms in total. The smallest absolute Gasteiger partial charge is 0.350 e. The molecule has 4 heterocycles. The molecule has 3 aromatic rings. The van der Waals surface area contributed by atoms with Crippen LogP contribution in [-0.4, -0.2) is 49.4 Å². The lowest BCUT2D eigenvalue weighted by atomic mass is 10.0. The van der Waals surface area contributed by atoms with Gasteiger partial charge in [0.2, 0.25) is 0 Å². The van der Waals surface area contributed by atoms with E-state index in [1.165, 1.54) is 0 Å². The molecule has 5 rings (SSSR count). The summed E-state index contributed by atoms with van der Waals surface area (Å²) < 4.78 is 41.3. The van der Waals surface area contributed by atoms with Crippen LogP contribution >= 0.6 is 11.3 Å². The van der Waals surface area contributed by atoms with Gasteiger partial charge >= 0.3 is 6.18 Å². The first kappa shape index (κ1) is 18.8. The van der Waals surface area contributed by atoms with Gasteiger partial charge in [-0.2, -0.15) is 13.2 Å². The molecular formula is C19H21F3N6S. The molecule has 1 saturated carbocycles. The molecule has 10 heteroatoms. The van der Waals surface area contributed by atoms with E-state index in [1.807, 2.05) is 16.0 Å². The van der Waals surface area contributed by atoms with Gasteiger partial charge in [-0.25, -0.2) is 15.0 Å². The molecule has 0 radical (unpaired) electrons. The topological polar surface area (TPSA) is 49.6 Å². The quantitative estimate of drug-likeness (QED) is 0.625. The molecule has 0 amide bonds. The molecule has 154 valence electrons. The summed E-state index contributed by atoms with van der Waals surface area (Å²) in [6.45, 7) is 2.60. The van der Waals surface area contributed by atoms with E-state index < -0.39 is 11.9 Å². The van der Waals surface area contributed by atoms with Crippen molar-refractivity contribution in [2.75, 3.05) is 18.0 Å². The van der Waals surface area contributed by atoms with E-state index in [0.29, 0.717) is 11.9 Å². The van der Waals surface area contributed by atoms with Crippen LogP contribution in [0.3, 0.4) is 0 Å². The number of halogens is 3. The molecular weight excluding hydrogens is 401 g/mol. The number of aromatic nitrogens is 4. The minimum absolute atomic E-state index is 0.209. The predicted molar refractivity (Wildman–Crippen MR) is 104 cm³/mol. The van der Waals surface area contributed by atoms with Crippen molar-refractivity contribution >= 4 is 22.1 Å². The molecule has 0 aromatic carbocycles. The first-order valence-corrected chi connectivity index (χ1v) is 10.7. The van der Waals surface area contributed by atoms with Crippen molar-refractivity contribution in [2.45, 2.75) is 50.5 Å². The average Bonchev–Trinajstić information content (AvgIpc) is 3.30. The number of anilines is 1. The normalized spacial score (nSPS) is 19.1. The Morgan fingerprint density at radius 3 is 2.55 bits per heavy atom. The second kappa shape index (κ2) is 7.24. The third-order valence-corrected chi connectivity index (χ3v) is 6.40. The van der Waals surface area contributed by atoms with Crippen molar-refractivity contribution in [3.05, 3.63) is 41.6 Å². The zero-order valence-electron chi connectivity index (χ0n) is 15.7. The number of alkyl halides is 3. The van der Waals surface area contributed by atoms with Gasteiger partial charge in [-0.3, -0.25) is 9.30 Å². The summed E-state index contributed by atoms with van der Waals surface area (Å²) in [6, 6.07) is 1.60. The van der Waals surface area contributed by atoms with Crippen molar-refractivity contribution in [3.8, 4) is 0 Å². The van der Waals surface area contributed by atoms with E-state index in [4.69, 9.17) is 0 Å². The Morgan fingerprint density at radius 1 is 1.10 bits per heavy atom. The van der Waals surface area contributed by atoms with Crippen LogP contribution in [0.2, 0.25) is 0 Å². The van der Waals surface area contributed by atoms with Crippen molar-refractivity contribution < 1.29 is 13.2 Å². The highest BCUT2D eigenvalue weighted by molar-refractivity contribution is 7.15. The summed E-state index contributed by atoms with van der Waals surface area (Å²) in [6.07, 6.45) is 4.49. The third-order valence-electron chi connectivity index (χ3n) is 5.63. The maximum Gasteiger partial charge on any atom is 0.433 e. The Kier molecular flexibility index (Phi) is 4.70. The zero-order chi connectivity index (χ0) is 20.0. The maximum atomic E-state index is 13.1. The van der Waals surface area contributed by atoms with Crippen LogP contribution in [0.1, 0.15) is 37.1 Å². The number of hydrogen-bond donors (Lipinski definition) is 0. The third kappa shape index (κ3) is 3.95. The van der Waals surface area contributed by atoms with Gasteiger partial charge in [-0.1, -0.05) is 0 Å². The number of likely N-dealkylation sites (tertiary alicyclic amines) is 1. The average molecular weight is 422 g/mol. The fraction of sp³-hybridized carbons (Fsp3) is 0.526. The fourth-order valence-electron chi connectivity index (χ4n) is 4.11. The monoisotopic (exact) mass is 422 g/mol. The molecule has 1 saturated heterocycles. The van der Waals surface area contributed by atoms with Crippen molar-refractivity contribution in [1.29, 1.82) is 0 Å². The lowest BCUT2D eigenvalue weighted by molar-refractivity contribution is -0.141. The van der Waals surface area contributed by atoms with Gasteiger partial charge in [-0.05, 0) is 25.7 Å². The van der Waals surface area contributed by atoms with Crippen LogP contribution in [0.25, 0.3) is 4.96 Å². The summed E-state index contributed by atoms with van der Waals surface area (Å²) >= 11 is 1.62. The van der Waals surface area contributed by atoms with Gasteiger partial charge in [0.05, 0.1) is 5.69 Å². The van der Waals surface area contributed by atoms with E-state index >= 15 is 0 Å². The molecule has 0 N–H and O–H groups in total. The van der Waals surface area contributed by atoms with Crippen LogP contribution in [0.15, 0.2) is 30.2 Å². The number of hydrogen-bond acceptors (Lipinski definition) is 6. The van der Waals surface area contributed by atoms with E-state index in [0.717, 1.165) is 68.4 Å². The molecule has 2 aliphatic rings. The standard InChI is InChI=1S/C19H21F3N6S/c20-19(21,22)16-9-17(24-12-23-16)28(14-1-2-14)15-3-5-26(6-4-15)10-13-11-27-7-8-29-18(27)25-13/h7-9,11-12,14-15H,1-6,10H2. The van der Waals surface area contributed by atoms with Crippen molar-refractivity contribution in [2.24, 2.45) is 0 Å². The highest BCUT2D eigenvalue weighted by Gasteiger charge is 2.39. The molecule has 0 unspecified atom stereocenters. The number of rotatable bonds is 5. The number of imidazole rings is 1. The van der Waals surface area contributed by atoms with Gasteiger partial charge < -0.3 is 4.90 Å². The van der Waals surface area contributed by atoms with Crippen LogP contribution in [0.4, 0.5) is 19.0 Å². The Hall–Kier alpha value is -2.20. The molecule has 1 aliphatic heterocycles. The van der Waals surface area contributed by atoms with Crippen molar-refractivity contribution in [1.82, 2.24) is 24.3 Å². The summed E-state index contributed by atoms with van der Waals surface area (Å²) in [5, 5.41) is 2.02. The largest absolute Gasteiger partial charge is 0.433 e. The Balaban J connectivity index is 1.26. The molecule has 0 spiro atoms. The fourth-order valence-corrected chi connectivity index (χ4v) is 4.82. The highest BCUT2D eigenvalue weighted by Crippen LogP contribution is 2.37. The molecule has 29 heavy (non-hydrogen) atoms. The highest BCUT2D eigenvalue weighted by atomic mass is 32.1. The van der Waals surface area contributed by atoms with E-state index in [2.05, 4.69) is 30.9 Å². The summed E-state index contributed by atoms with van der Waals surface area (Å²) in [5.41, 5.74) is 0.185. The van der Waals surface area contributed by atoms with Crippen LogP contribution in [-0.2, 0) is 12.7 Å². The lowest BCUT2D eigenvalue weighted by Gasteiger charge is -2.39. The van der Waals surface area contributed by atoms with Gasteiger partial charge in [0, 0.05) is 55.6 Å². The number of piperidine rings is 1. The minimum atomic E-state index is -4.45. The van der Waals surface area contributed by atoms with Crippen LogP contribution < -0.4 is 4.90 Å². The second-order valence-corrected chi connectivity index (χ2v) is 8.60. The van der Waals surface area contributed by atoms with E-state index in [1.54, 1.807) is 11.3 Å². The summed E-state index contributed by atoms with van der Waals surface area (Å²) in [7, 11) is 0. The SMILES string of the molecule is FC(F)(F)c1cc(N(C2CC2)C2CCN(Cc3cn4ccsc4n3)CC2)ncn1. The van der Waals surface area contributed by atoms with Crippen molar-refractivity contribution in [3.63, 3.8) is 0 Å². The first-order valence-electron chi connectivity index (χ1n) is 9.78. The first-order chi connectivity index (χ1) is 14.0. The van der Waals surface area contributed by atoms with Gasteiger partial charge in [0.1, 0.15) is 17.8 Å². The Morgan fingerprint density at radius 2 is 1.86 bits per heavy atom. The van der Waals surface area contributed by atoms with Gasteiger partial charge in [0.25, 0.3) is 0 Å². The minimum Gasteiger partial charge on any atom is -0.350 e. The van der Waals surface area contributed by atoms with Gasteiger partial charge in [-0.15, -0.1) is 11.3 Å². The van der Waals surface area contributed by atoms with Gasteiger partial charge in [0.15, 0.2) is 4.96 Å². The Labute approximate surface area is 170 Å². The maximum absolute atomic E-state index is 13.1. The van der Waals surface area contributed by atoms with Crippen LogP contribution in [0.5, 0.6) is 0 Å². The number of nitrogens with zero attached hydrogens (tertiary/aromatic N) is 6. The molecule has 2 fully saturated rings. The Bertz CT molecular complexity index is 959. The van der Waals surface area contributed by atoms with E-state index in [9.17, 15) is 13.2 Å². The summed E-state index contributed by atoms with van der Waals surface area (Å²) in [5.74, 6) is 0.405. The number of fused-ring (bicyclic) bond motifs is 1. The second-order valence-electron chi connectivity index (χ2n) is 7.73.